The average molecular weight is 352 g/mol. The molecule has 1 aromatic heterocycles. The Labute approximate surface area is 146 Å². The van der Waals surface area contributed by atoms with Gasteiger partial charge >= 0.3 is 5.97 Å². The van der Waals surface area contributed by atoms with Gasteiger partial charge in [0, 0.05) is 19.6 Å². The van der Waals surface area contributed by atoms with Crippen LogP contribution in [0.2, 0.25) is 0 Å². The number of ether oxygens (including phenoxy) is 2. The first-order valence-electron chi connectivity index (χ1n) is 8.36. The highest BCUT2D eigenvalue weighted by Crippen LogP contribution is 2.41. The number of carbonyl (C=O) groups is 2. The van der Waals surface area contributed by atoms with Crippen LogP contribution in [-0.2, 0) is 15.9 Å². The van der Waals surface area contributed by atoms with Crippen LogP contribution in [0.5, 0.6) is 0 Å². The zero-order valence-electron chi connectivity index (χ0n) is 14.4. The van der Waals surface area contributed by atoms with E-state index in [4.69, 9.17) is 9.47 Å². The van der Waals surface area contributed by atoms with Gasteiger partial charge in [-0.1, -0.05) is 13.8 Å². The summed E-state index contributed by atoms with van der Waals surface area (Å²) >= 11 is 1.40. The van der Waals surface area contributed by atoms with Crippen LogP contribution in [0.25, 0.3) is 0 Å². The second-order valence-corrected chi connectivity index (χ2v) is 7.93. The molecule has 2 aliphatic heterocycles. The highest BCUT2D eigenvalue weighted by Gasteiger charge is 2.36. The molecule has 0 radical (unpaired) electrons. The number of amides is 1. The molecule has 1 fully saturated rings. The average Bonchev–Trinajstić information content (AvgIpc) is 2.87. The third kappa shape index (κ3) is 3.28. The summed E-state index contributed by atoms with van der Waals surface area (Å²) in [6.45, 7) is 9.61. The maximum Gasteiger partial charge on any atom is 0.341 e. The summed E-state index contributed by atoms with van der Waals surface area (Å²) in [5.74, 6) is -0.423. The Bertz CT molecular complexity index is 647. The molecule has 132 valence electrons. The van der Waals surface area contributed by atoms with E-state index in [2.05, 4.69) is 24.1 Å². The molecule has 2 aliphatic rings. The van der Waals surface area contributed by atoms with E-state index in [0.29, 0.717) is 43.2 Å². The highest BCUT2D eigenvalue weighted by molar-refractivity contribution is 7.18. The van der Waals surface area contributed by atoms with Crippen LogP contribution < -0.4 is 10.2 Å². The van der Waals surface area contributed by atoms with E-state index in [0.717, 1.165) is 23.7 Å². The highest BCUT2D eigenvalue weighted by atomic mass is 32.1. The lowest BCUT2D eigenvalue weighted by atomic mass is 9.85. The Morgan fingerprint density at radius 3 is 2.75 bits per heavy atom. The summed E-state index contributed by atoms with van der Waals surface area (Å²) < 4.78 is 10.7. The van der Waals surface area contributed by atoms with Crippen LogP contribution in [0.3, 0.4) is 0 Å². The molecular formula is C17H24N2O4S. The topological polar surface area (TPSA) is 67.9 Å². The van der Waals surface area contributed by atoms with Gasteiger partial charge in [0.25, 0.3) is 5.91 Å². The van der Waals surface area contributed by atoms with Crippen LogP contribution in [0, 0.1) is 5.41 Å². The summed E-state index contributed by atoms with van der Waals surface area (Å²) in [6.07, 6.45) is 0.677. The van der Waals surface area contributed by atoms with Crippen molar-refractivity contribution in [3.63, 3.8) is 0 Å². The van der Waals surface area contributed by atoms with Crippen molar-refractivity contribution in [2.24, 2.45) is 5.41 Å². The van der Waals surface area contributed by atoms with E-state index in [-0.39, 0.29) is 17.3 Å². The number of hydrogen-bond acceptors (Lipinski definition) is 6. The second-order valence-electron chi connectivity index (χ2n) is 6.93. The van der Waals surface area contributed by atoms with Crippen molar-refractivity contribution in [2.45, 2.75) is 27.2 Å². The standard InChI is InChI=1S/C17H24N2O4S/c1-4-23-16(21)12-11-9-17(2,3)10-18-14(20)13(11)24-15(12)19-5-7-22-8-6-19/h4-10H2,1-3H3,(H,18,20). The molecule has 0 aromatic carbocycles. The lowest BCUT2D eigenvalue weighted by Crippen LogP contribution is -2.36. The van der Waals surface area contributed by atoms with Crippen LogP contribution in [-0.4, -0.2) is 51.3 Å². The first-order valence-corrected chi connectivity index (χ1v) is 9.18. The molecule has 7 heteroatoms. The number of nitrogens with one attached hydrogen (secondary N) is 1. The smallest absolute Gasteiger partial charge is 0.341 e. The van der Waals surface area contributed by atoms with Gasteiger partial charge in [0.2, 0.25) is 0 Å². The number of carbonyl (C=O) groups excluding carboxylic acids is 2. The molecule has 1 saturated heterocycles. The van der Waals surface area contributed by atoms with E-state index in [1.54, 1.807) is 6.92 Å². The van der Waals surface area contributed by atoms with Crippen molar-refractivity contribution in [2.75, 3.05) is 44.4 Å². The Kier molecular flexibility index (Phi) is 4.83. The maximum absolute atomic E-state index is 12.7. The van der Waals surface area contributed by atoms with Crippen molar-refractivity contribution in [3.8, 4) is 0 Å². The Morgan fingerprint density at radius 1 is 1.38 bits per heavy atom. The summed E-state index contributed by atoms with van der Waals surface area (Å²) in [5, 5.41) is 3.82. The fourth-order valence-corrected chi connectivity index (χ4v) is 4.42. The van der Waals surface area contributed by atoms with Crippen molar-refractivity contribution in [1.29, 1.82) is 0 Å². The molecule has 1 N–H and O–H groups in total. The molecule has 0 atom stereocenters. The fraction of sp³-hybridized carbons (Fsp3) is 0.647. The summed E-state index contributed by atoms with van der Waals surface area (Å²) in [6, 6.07) is 0. The molecule has 6 nitrogen and oxygen atoms in total. The predicted molar refractivity (Wildman–Crippen MR) is 93.1 cm³/mol. The largest absolute Gasteiger partial charge is 0.462 e. The number of nitrogens with zero attached hydrogens (tertiary/aromatic N) is 1. The van der Waals surface area contributed by atoms with Gasteiger partial charge in [0.15, 0.2) is 0 Å². The molecular weight excluding hydrogens is 328 g/mol. The zero-order valence-corrected chi connectivity index (χ0v) is 15.3. The van der Waals surface area contributed by atoms with Gasteiger partial charge < -0.3 is 19.7 Å². The van der Waals surface area contributed by atoms with Gasteiger partial charge in [0.05, 0.1) is 30.3 Å². The lowest BCUT2D eigenvalue weighted by Gasteiger charge is -2.29. The molecule has 1 aromatic rings. The summed E-state index contributed by atoms with van der Waals surface area (Å²) in [4.78, 5) is 28.0. The van der Waals surface area contributed by atoms with Gasteiger partial charge in [-0.25, -0.2) is 4.79 Å². The first-order chi connectivity index (χ1) is 11.4. The number of anilines is 1. The Morgan fingerprint density at radius 2 is 2.08 bits per heavy atom. The minimum atomic E-state index is -0.331. The Hall–Kier alpha value is -1.60. The van der Waals surface area contributed by atoms with E-state index in [1.165, 1.54) is 11.3 Å². The van der Waals surface area contributed by atoms with Crippen molar-refractivity contribution < 1.29 is 19.1 Å². The molecule has 1 amide bonds. The number of esters is 1. The van der Waals surface area contributed by atoms with Crippen molar-refractivity contribution in [3.05, 3.63) is 16.0 Å². The minimum Gasteiger partial charge on any atom is -0.462 e. The zero-order chi connectivity index (χ0) is 17.3. The predicted octanol–water partition coefficient (Wildman–Crippen LogP) is 2.07. The normalized spacial score (nSPS) is 20.1. The van der Waals surface area contributed by atoms with E-state index >= 15 is 0 Å². The van der Waals surface area contributed by atoms with E-state index in [1.807, 2.05) is 0 Å². The number of fused-ring (bicyclic) bond motifs is 1. The third-order valence-electron chi connectivity index (χ3n) is 4.36. The molecule has 0 saturated carbocycles. The van der Waals surface area contributed by atoms with Crippen LogP contribution >= 0.6 is 11.3 Å². The molecule has 24 heavy (non-hydrogen) atoms. The van der Waals surface area contributed by atoms with Crippen LogP contribution in [0.15, 0.2) is 0 Å². The van der Waals surface area contributed by atoms with E-state index < -0.39 is 0 Å². The lowest BCUT2D eigenvalue weighted by molar-refractivity contribution is 0.0525. The van der Waals surface area contributed by atoms with Crippen molar-refractivity contribution in [1.82, 2.24) is 5.32 Å². The third-order valence-corrected chi connectivity index (χ3v) is 5.65. The van der Waals surface area contributed by atoms with Crippen molar-refractivity contribution >= 4 is 28.2 Å². The maximum atomic E-state index is 12.7. The summed E-state index contributed by atoms with van der Waals surface area (Å²) in [5.41, 5.74) is 1.30. The molecule has 3 heterocycles. The molecule has 3 rings (SSSR count). The number of thiophene rings is 1. The molecule has 0 bridgehead atoms. The quantitative estimate of drug-likeness (QED) is 0.844. The van der Waals surface area contributed by atoms with Gasteiger partial charge in [0.1, 0.15) is 5.00 Å². The van der Waals surface area contributed by atoms with Gasteiger partial charge in [-0.2, -0.15) is 0 Å². The Balaban J connectivity index is 2.10. The second kappa shape index (κ2) is 6.72. The number of rotatable bonds is 3. The van der Waals surface area contributed by atoms with Crippen LogP contribution in [0.1, 0.15) is 46.4 Å². The monoisotopic (exact) mass is 352 g/mol. The van der Waals surface area contributed by atoms with Gasteiger partial charge in [-0.3, -0.25) is 4.79 Å². The fourth-order valence-electron chi connectivity index (χ4n) is 3.15. The van der Waals surface area contributed by atoms with Crippen LogP contribution in [0.4, 0.5) is 5.00 Å². The van der Waals surface area contributed by atoms with E-state index in [9.17, 15) is 9.59 Å². The number of morpholine rings is 1. The summed E-state index contributed by atoms with van der Waals surface area (Å²) in [7, 11) is 0. The first kappa shape index (κ1) is 17.2. The van der Waals surface area contributed by atoms with Gasteiger partial charge in [-0.15, -0.1) is 11.3 Å². The SMILES string of the molecule is CCOC(=O)c1c(N2CCOCC2)sc2c1CC(C)(C)CNC2=O. The van der Waals surface area contributed by atoms with Gasteiger partial charge in [-0.05, 0) is 24.3 Å². The molecule has 0 unspecified atom stereocenters. The number of hydrogen-bond donors (Lipinski definition) is 1. The minimum absolute atomic E-state index is 0.0920. The molecule has 0 spiro atoms. The molecule has 0 aliphatic carbocycles.